The van der Waals surface area contributed by atoms with Crippen molar-refractivity contribution in [1.82, 2.24) is 5.32 Å². The molecular weight excluding hydrogens is 340 g/mol. The Morgan fingerprint density at radius 2 is 1.80 bits per heavy atom. The molecule has 132 valence electrons. The lowest BCUT2D eigenvalue weighted by atomic mass is 10.1. The number of amides is 2. The van der Waals surface area contributed by atoms with E-state index in [4.69, 9.17) is 16.3 Å². The maximum Gasteiger partial charge on any atom is 0.262 e. The van der Waals surface area contributed by atoms with Crippen molar-refractivity contribution in [2.24, 2.45) is 0 Å². The predicted octanol–water partition coefficient (Wildman–Crippen LogP) is 3.34. The first-order valence-electron chi connectivity index (χ1n) is 7.96. The minimum atomic E-state index is -0.245. The highest BCUT2D eigenvalue weighted by atomic mass is 35.5. The van der Waals surface area contributed by atoms with Crippen LogP contribution in [0.1, 0.15) is 17.5 Å². The summed E-state index contributed by atoms with van der Waals surface area (Å²) < 4.78 is 5.46. The van der Waals surface area contributed by atoms with Crippen molar-refractivity contribution in [1.29, 1.82) is 0 Å². The number of hydrogen-bond acceptors (Lipinski definition) is 3. The molecule has 0 saturated carbocycles. The van der Waals surface area contributed by atoms with Crippen LogP contribution in [0.15, 0.2) is 42.5 Å². The summed E-state index contributed by atoms with van der Waals surface area (Å²) in [6.45, 7) is 1.79. The molecule has 25 heavy (non-hydrogen) atoms. The summed E-state index contributed by atoms with van der Waals surface area (Å²) in [6, 6.07) is 12.7. The summed E-state index contributed by atoms with van der Waals surface area (Å²) in [4.78, 5) is 23.2. The third-order valence-electron chi connectivity index (χ3n) is 3.66. The Labute approximate surface area is 152 Å². The molecule has 0 fully saturated rings. The molecular formula is C19H21ClN2O3. The summed E-state index contributed by atoms with van der Waals surface area (Å²) in [6.07, 6.45) is 1.10. The Bertz CT molecular complexity index is 745. The lowest BCUT2D eigenvalue weighted by Crippen LogP contribution is -2.20. The van der Waals surface area contributed by atoms with Gasteiger partial charge in [0, 0.05) is 24.2 Å². The fraction of sp³-hybridized carbons (Fsp3) is 0.263. The Kier molecular flexibility index (Phi) is 6.83. The first-order valence-corrected chi connectivity index (χ1v) is 8.34. The first-order chi connectivity index (χ1) is 12.0. The highest BCUT2D eigenvalue weighted by Gasteiger charge is 2.06. The van der Waals surface area contributed by atoms with Gasteiger partial charge in [0.05, 0.1) is 0 Å². The molecule has 2 amide bonds. The summed E-state index contributed by atoms with van der Waals surface area (Å²) in [5.74, 6) is 0.360. The van der Waals surface area contributed by atoms with E-state index in [9.17, 15) is 9.59 Å². The van der Waals surface area contributed by atoms with Gasteiger partial charge in [-0.05, 0) is 54.8 Å². The molecule has 2 N–H and O–H groups in total. The van der Waals surface area contributed by atoms with Crippen LogP contribution >= 0.6 is 11.6 Å². The number of hydrogen-bond donors (Lipinski definition) is 2. The number of benzene rings is 2. The summed E-state index contributed by atoms with van der Waals surface area (Å²) >= 11 is 5.95. The van der Waals surface area contributed by atoms with E-state index in [-0.39, 0.29) is 18.4 Å². The van der Waals surface area contributed by atoms with Gasteiger partial charge >= 0.3 is 0 Å². The van der Waals surface area contributed by atoms with E-state index < -0.39 is 0 Å². The van der Waals surface area contributed by atoms with Crippen LogP contribution < -0.4 is 15.4 Å². The second-order valence-electron chi connectivity index (χ2n) is 5.62. The number of rotatable bonds is 7. The molecule has 0 aromatic heterocycles. The van der Waals surface area contributed by atoms with Gasteiger partial charge in [0.15, 0.2) is 6.61 Å². The molecule has 0 aliphatic carbocycles. The van der Waals surface area contributed by atoms with Gasteiger partial charge in [0.1, 0.15) is 5.75 Å². The molecule has 0 saturated heterocycles. The quantitative estimate of drug-likeness (QED) is 0.795. The second-order valence-corrected chi connectivity index (χ2v) is 6.03. The molecule has 0 spiro atoms. The average molecular weight is 361 g/mol. The number of halogens is 1. The molecule has 0 atom stereocenters. The molecule has 6 heteroatoms. The van der Waals surface area contributed by atoms with Gasteiger partial charge in [-0.2, -0.15) is 0 Å². The van der Waals surface area contributed by atoms with E-state index in [0.717, 1.165) is 11.1 Å². The monoisotopic (exact) mass is 360 g/mol. The van der Waals surface area contributed by atoms with Gasteiger partial charge in [-0.25, -0.2) is 0 Å². The van der Waals surface area contributed by atoms with E-state index in [0.29, 0.717) is 29.3 Å². The smallest absolute Gasteiger partial charge is 0.262 e. The number of aryl methyl sites for hydroxylation is 2. The van der Waals surface area contributed by atoms with Crippen molar-refractivity contribution in [2.75, 3.05) is 19.0 Å². The zero-order chi connectivity index (χ0) is 18.2. The van der Waals surface area contributed by atoms with Gasteiger partial charge < -0.3 is 15.4 Å². The SMILES string of the molecule is CNC(=O)CCc1ccc(NC(=O)COc2ccc(Cl)c(C)c2)cc1. The van der Waals surface area contributed by atoms with Gasteiger partial charge in [0.25, 0.3) is 5.91 Å². The number of ether oxygens (including phenoxy) is 1. The second kappa shape index (κ2) is 9.08. The van der Waals surface area contributed by atoms with E-state index in [2.05, 4.69) is 10.6 Å². The molecule has 0 radical (unpaired) electrons. The van der Waals surface area contributed by atoms with Crippen LogP contribution in [-0.2, 0) is 16.0 Å². The largest absolute Gasteiger partial charge is 0.484 e. The molecule has 5 nitrogen and oxygen atoms in total. The molecule has 2 rings (SSSR count). The molecule has 0 aliphatic rings. The van der Waals surface area contributed by atoms with Crippen LogP contribution in [0.25, 0.3) is 0 Å². The highest BCUT2D eigenvalue weighted by Crippen LogP contribution is 2.21. The van der Waals surface area contributed by atoms with Gasteiger partial charge in [0.2, 0.25) is 5.91 Å². The topological polar surface area (TPSA) is 67.4 Å². The molecule has 0 heterocycles. The third kappa shape index (κ3) is 6.12. The normalized spacial score (nSPS) is 10.2. The molecule has 0 aliphatic heterocycles. The third-order valence-corrected chi connectivity index (χ3v) is 4.08. The predicted molar refractivity (Wildman–Crippen MR) is 99.1 cm³/mol. The maximum atomic E-state index is 12.0. The number of anilines is 1. The fourth-order valence-corrected chi connectivity index (χ4v) is 2.31. The van der Waals surface area contributed by atoms with E-state index in [1.807, 2.05) is 31.2 Å². The van der Waals surface area contributed by atoms with Gasteiger partial charge in [-0.1, -0.05) is 23.7 Å². The van der Waals surface area contributed by atoms with Crippen molar-refractivity contribution in [3.8, 4) is 5.75 Å². The van der Waals surface area contributed by atoms with Crippen LogP contribution in [0.3, 0.4) is 0 Å². The maximum absolute atomic E-state index is 12.0. The molecule has 0 bridgehead atoms. The fourth-order valence-electron chi connectivity index (χ4n) is 2.19. The van der Waals surface area contributed by atoms with E-state index in [1.165, 1.54) is 0 Å². The van der Waals surface area contributed by atoms with Crippen molar-refractivity contribution in [3.05, 3.63) is 58.6 Å². The molecule has 2 aromatic rings. The minimum Gasteiger partial charge on any atom is -0.484 e. The lowest BCUT2D eigenvalue weighted by molar-refractivity contribution is -0.120. The standard InChI is InChI=1S/C19H21ClN2O3/c1-13-11-16(8-9-17(13)20)25-12-19(24)22-15-6-3-14(4-7-15)5-10-18(23)21-2/h3-4,6-9,11H,5,10,12H2,1-2H3,(H,21,23)(H,22,24). The summed E-state index contributed by atoms with van der Waals surface area (Å²) in [7, 11) is 1.62. The van der Waals surface area contributed by atoms with Crippen molar-refractivity contribution >= 4 is 29.1 Å². The van der Waals surface area contributed by atoms with Crippen molar-refractivity contribution in [2.45, 2.75) is 19.8 Å². The zero-order valence-electron chi connectivity index (χ0n) is 14.3. The lowest BCUT2D eigenvalue weighted by Gasteiger charge is -2.09. The summed E-state index contributed by atoms with van der Waals surface area (Å²) in [5, 5.41) is 6.02. The Hall–Kier alpha value is -2.53. The first kappa shape index (κ1) is 18.8. The van der Waals surface area contributed by atoms with E-state index >= 15 is 0 Å². The van der Waals surface area contributed by atoms with Crippen LogP contribution in [-0.4, -0.2) is 25.5 Å². The Morgan fingerprint density at radius 3 is 2.44 bits per heavy atom. The van der Waals surface area contributed by atoms with Crippen LogP contribution in [0.5, 0.6) is 5.75 Å². The van der Waals surface area contributed by atoms with E-state index in [1.54, 1.807) is 25.2 Å². The van der Waals surface area contributed by atoms with Gasteiger partial charge in [-0.15, -0.1) is 0 Å². The molecule has 0 unspecified atom stereocenters. The van der Waals surface area contributed by atoms with Crippen molar-refractivity contribution in [3.63, 3.8) is 0 Å². The van der Waals surface area contributed by atoms with Crippen molar-refractivity contribution < 1.29 is 14.3 Å². The summed E-state index contributed by atoms with van der Waals surface area (Å²) in [5.41, 5.74) is 2.62. The zero-order valence-corrected chi connectivity index (χ0v) is 15.0. The van der Waals surface area contributed by atoms with Crippen LogP contribution in [0.2, 0.25) is 5.02 Å². The van der Waals surface area contributed by atoms with Gasteiger partial charge in [-0.3, -0.25) is 9.59 Å². The number of carbonyl (C=O) groups is 2. The number of carbonyl (C=O) groups excluding carboxylic acids is 2. The Morgan fingerprint density at radius 1 is 1.08 bits per heavy atom. The highest BCUT2D eigenvalue weighted by molar-refractivity contribution is 6.31. The Balaban J connectivity index is 1.81. The van der Waals surface area contributed by atoms with Crippen LogP contribution in [0.4, 0.5) is 5.69 Å². The number of nitrogens with one attached hydrogen (secondary N) is 2. The van der Waals surface area contributed by atoms with Crippen LogP contribution in [0, 0.1) is 6.92 Å². The average Bonchev–Trinajstić information content (AvgIpc) is 2.62. The molecule has 2 aromatic carbocycles. The minimum absolute atomic E-state index is 0.00645.